The monoisotopic (exact) mass is 536 g/mol. The van der Waals surface area contributed by atoms with E-state index >= 15 is 0 Å². The van der Waals surface area contributed by atoms with Crippen molar-refractivity contribution >= 4 is 23.3 Å². The lowest BCUT2D eigenvalue weighted by Crippen LogP contribution is -2.48. The largest absolute Gasteiger partial charge is 0.497 e. The van der Waals surface area contributed by atoms with E-state index in [4.69, 9.17) is 4.74 Å². The minimum absolute atomic E-state index is 0.0425. The Morgan fingerprint density at radius 2 is 1.59 bits per heavy atom. The molecule has 0 saturated carbocycles. The third kappa shape index (κ3) is 4.89. The number of hydrogen-bond acceptors (Lipinski definition) is 4. The summed E-state index contributed by atoms with van der Waals surface area (Å²) in [4.78, 5) is 42.7. The number of Topliss-reactive ketones (excluding diaryl/α,β-unsaturated/α-hetero) is 1. The summed E-state index contributed by atoms with van der Waals surface area (Å²) in [5.74, 6) is -1.76. The maximum atomic E-state index is 13.4. The molecule has 2 amide bonds. The van der Waals surface area contributed by atoms with Gasteiger partial charge in [-0.2, -0.15) is 13.2 Å². The molecule has 0 atom stereocenters. The smallest absolute Gasteiger partial charge is 0.416 e. The first kappa shape index (κ1) is 26.5. The molecule has 0 bridgehead atoms. The minimum Gasteiger partial charge on any atom is -0.497 e. The maximum Gasteiger partial charge on any atom is 0.416 e. The quantitative estimate of drug-likeness (QED) is 0.330. The number of nitrogens with zero attached hydrogens (tertiary/aromatic N) is 2. The molecule has 3 aromatic rings. The van der Waals surface area contributed by atoms with Crippen LogP contribution >= 0.6 is 0 Å². The number of hydrogen-bond donors (Lipinski definition) is 0. The van der Waals surface area contributed by atoms with E-state index in [-0.39, 0.29) is 11.3 Å². The van der Waals surface area contributed by atoms with Crippen molar-refractivity contribution in [3.8, 4) is 5.75 Å². The first-order chi connectivity index (χ1) is 18.5. The predicted octanol–water partition coefficient (Wildman–Crippen LogP) is 5.43. The van der Waals surface area contributed by atoms with E-state index in [0.717, 1.165) is 23.3 Å². The topological polar surface area (TPSA) is 66.9 Å². The molecule has 202 valence electrons. The van der Waals surface area contributed by atoms with E-state index < -0.39 is 34.8 Å². The zero-order valence-electron chi connectivity index (χ0n) is 21.5. The number of methoxy groups -OCH3 is 1. The van der Waals surface area contributed by atoms with Crippen molar-refractivity contribution in [3.63, 3.8) is 0 Å². The Bertz CT molecular complexity index is 1440. The van der Waals surface area contributed by atoms with Crippen LogP contribution in [0, 0.1) is 6.92 Å². The second kappa shape index (κ2) is 9.87. The summed E-state index contributed by atoms with van der Waals surface area (Å²) in [6, 6.07) is 17.2. The van der Waals surface area contributed by atoms with Crippen LogP contribution in [0.5, 0.6) is 5.75 Å². The number of carbonyl (C=O) groups is 3. The molecule has 1 saturated heterocycles. The minimum atomic E-state index is -4.62. The van der Waals surface area contributed by atoms with E-state index in [2.05, 4.69) is 0 Å². The Labute approximate surface area is 224 Å². The number of ether oxygens (including phenoxy) is 1. The van der Waals surface area contributed by atoms with Crippen LogP contribution < -0.4 is 9.64 Å². The summed E-state index contributed by atoms with van der Waals surface area (Å²) in [7, 11) is 1.25. The number of anilines is 1. The summed E-state index contributed by atoms with van der Waals surface area (Å²) < 4.78 is 45.2. The summed E-state index contributed by atoms with van der Waals surface area (Å²) in [5.41, 5.74) is 1.43. The molecule has 0 aromatic heterocycles. The van der Waals surface area contributed by atoms with Crippen LogP contribution in [0.15, 0.2) is 66.7 Å². The average molecular weight is 537 g/mol. The number of carbonyl (C=O) groups excluding carboxylic acids is 3. The fraction of sp³-hybridized carbons (Fsp3) is 0.300. The number of ketones is 1. The van der Waals surface area contributed by atoms with Gasteiger partial charge in [0, 0.05) is 41.9 Å². The summed E-state index contributed by atoms with van der Waals surface area (Å²) in [5, 5.41) is 0. The molecule has 9 heteroatoms. The van der Waals surface area contributed by atoms with Crippen LogP contribution in [-0.2, 0) is 16.4 Å². The molecule has 6 nitrogen and oxygen atoms in total. The number of benzene rings is 3. The SMILES string of the molecule is COc1cc(C(=O)N2CCC3(CC2)CN(C(=O)C(=O)c2ccccc2)c2ccc(C)cc23)cc(C(F)(F)F)c1. The van der Waals surface area contributed by atoms with Gasteiger partial charge in [-0.15, -0.1) is 0 Å². The lowest BCUT2D eigenvalue weighted by Gasteiger charge is -2.40. The predicted molar refractivity (Wildman–Crippen MR) is 139 cm³/mol. The second-order valence-corrected chi connectivity index (χ2v) is 10.1. The van der Waals surface area contributed by atoms with Crippen LogP contribution in [0.2, 0.25) is 0 Å². The average Bonchev–Trinajstić information content (AvgIpc) is 3.24. The molecular formula is C30H27F3N2O4. The lowest BCUT2D eigenvalue weighted by atomic mass is 9.74. The van der Waals surface area contributed by atoms with Crippen molar-refractivity contribution in [1.29, 1.82) is 0 Å². The van der Waals surface area contributed by atoms with Gasteiger partial charge in [0.15, 0.2) is 0 Å². The standard InChI is InChI=1S/C30H27F3N2O4/c1-19-8-9-25-24(14-19)29(18-35(25)28(38)26(36)20-6-4-3-5-7-20)10-12-34(13-11-29)27(37)21-15-22(30(31,32)33)17-23(16-21)39-2/h3-9,14-17H,10-13,18H2,1-2H3. The maximum absolute atomic E-state index is 13.4. The lowest BCUT2D eigenvalue weighted by molar-refractivity contribution is -0.137. The fourth-order valence-corrected chi connectivity index (χ4v) is 5.55. The van der Waals surface area contributed by atoms with Gasteiger partial charge >= 0.3 is 6.18 Å². The first-order valence-corrected chi connectivity index (χ1v) is 12.6. The van der Waals surface area contributed by atoms with Crippen LogP contribution in [0.4, 0.5) is 18.9 Å². The highest BCUT2D eigenvalue weighted by molar-refractivity contribution is 6.47. The fourth-order valence-electron chi connectivity index (χ4n) is 5.55. The number of likely N-dealkylation sites (tertiary alicyclic amines) is 1. The highest BCUT2D eigenvalue weighted by Gasteiger charge is 2.48. The third-order valence-electron chi connectivity index (χ3n) is 7.67. The molecule has 0 N–H and O–H groups in total. The van der Waals surface area contributed by atoms with Gasteiger partial charge in [-0.25, -0.2) is 0 Å². The molecule has 2 aliphatic heterocycles. The Morgan fingerprint density at radius 3 is 2.23 bits per heavy atom. The molecule has 39 heavy (non-hydrogen) atoms. The first-order valence-electron chi connectivity index (χ1n) is 12.6. The number of fused-ring (bicyclic) bond motifs is 2. The van der Waals surface area contributed by atoms with Gasteiger partial charge in [0.2, 0.25) is 0 Å². The zero-order valence-corrected chi connectivity index (χ0v) is 21.5. The van der Waals surface area contributed by atoms with E-state index in [0.29, 0.717) is 43.7 Å². The normalized spacial score (nSPS) is 16.2. The summed E-state index contributed by atoms with van der Waals surface area (Å²) in [6.45, 7) is 2.83. The number of aryl methyl sites for hydroxylation is 1. The van der Waals surface area contributed by atoms with Crippen molar-refractivity contribution in [1.82, 2.24) is 4.90 Å². The highest BCUT2D eigenvalue weighted by atomic mass is 19.4. The number of amides is 2. The van der Waals surface area contributed by atoms with Crippen LogP contribution in [-0.4, -0.2) is 49.2 Å². The highest BCUT2D eigenvalue weighted by Crippen LogP contribution is 2.48. The molecule has 1 fully saturated rings. The van der Waals surface area contributed by atoms with Gasteiger partial charge in [-0.1, -0.05) is 48.0 Å². The van der Waals surface area contributed by atoms with Crippen molar-refractivity contribution < 1.29 is 32.3 Å². The van der Waals surface area contributed by atoms with Gasteiger partial charge in [0.05, 0.1) is 12.7 Å². The second-order valence-electron chi connectivity index (χ2n) is 10.1. The molecule has 2 aliphatic rings. The van der Waals surface area contributed by atoms with Crippen molar-refractivity contribution in [2.24, 2.45) is 0 Å². The number of piperidine rings is 1. The number of rotatable bonds is 4. The van der Waals surface area contributed by atoms with E-state index in [1.54, 1.807) is 30.3 Å². The molecule has 0 radical (unpaired) electrons. The van der Waals surface area contributed by atoms with Gasteiger partial charge in [0.25, 0.3) is 17.6 Å². The molecular weight excluding hydrogens is 509 g/mol. The van der Waals surface area contributed by atoms with E-state index in [1.807, 2.05) is 25.1 Å². The van der Waals surface area contributed by atoms with Crippen molar-refractivity contribution in [2.45, 2.75) is 31.4 Å². The van der Waals surface area contributed by atoms with Crippen LogP contribution in [0.25, 0.3) is 0 Å². The number of alkyl halides is 3. The van der Waals surface area contributed by atoms with Crippen LogP contribution in [0.3, 0.4) is 0 Å². The van der Waals surface area contributed by atoms with Crippen molar-refractivity contribution in [3.05, 3.63) is 94.5 Å². The van der Waals surface area contributed by atoms with Gasteiger partial charge in [0.1, 0.15) is 5.75 Å². The van der Waals surface area contributed by atoms with Gasteiger partial charge < -0.3 is 14.5 Å². The van der Waals surface area contributed by atoms with Crippen molar-refractivity contribution in [2.75, 3.05) is 31.6 Å². The van der Waals surface area contributed by atoms with Gasteiger partial charge in [-0.05, 0) is 49.6 Å². The molecule has 5 rings (SSSR count). The Hall–Kier alpha value is -4.14. The Balaban J connectivity index is 1.39. The Morgan fingerprint density at radius 1 is 0.897 bits per heavy atom. The van der Waals surface area contributed by atoms with E-state index in [9.17, 15) is 27.6 Å². The molecule has 3 aromatic carbocycles. The molecule has 0 aliphatic carbocycles. The molecule has 1 spiro atoms. The zero-order chi connectivity index (χ0) is 27.9. The summed E-state index contributed by atoms with van der Waals surface area (Å²) >= 11 is 0. The van der Waals surface area contributed by atoms with E-state index in [1.165, 1.54) is 23.0 Å². The summed E-state index contributed by atoms with van der Waals surface area (Å²) in [6.07, 6.45) is -3.63. The van der Waals surface area contributed by atoms with Gasteiger partial charge in [-0.3, -0.25) is 14.4 Å². The Kier molecular flexibility index (Phi) is 6.70. The van der Waals surface area contributed by atoms with Crippen LogP contribution in [0.1, 0.15) is 50.2 Å². The molecule has 0 unspecified atom stereocenters. The number of halogens is 3. The third-order valence-corrected chi connectivity index (χ3v) is 7.67. The molecule has 2 heterocycles.